The Kier molecular flexibility index (Phi) is 2.99. The minimum atomic E-state index is -0.113. The first-order chi connectivity index (χ1) is 12.2. The number of rotatable bonds is 1. The summed E-state index contributed by atoms with van der Waals surface area (Å²) in [4.78, 5) is 17.6. The topological polar surface area (TPSA) is 47.3 Å². The number of nitrogens with zero attached hydrogens (tertiary/aromatic N) is 3. The van der Waals surface area contributed by atoms with Crippen LogP contribution in [0.4, 0.5) is 0 Å². The summed E-state index contributed by atoms with van der Waals surface area (Å²) in [5.74, 6) is 0.616. The normalized spacial score (nSPS) is 12.6. The van der Waals surface area contributed by atoms with Gasteiger partial charge >= 0.3 is 0 Å². The summed E-state index contributed by atoms with van der Waals surface area (Å²) in [5, 5.41) is 8.78. The molecule has 0 spiro atoms. The molecule has 25 heavy (non-hydrogen) atoms. The van der Waals surface area contributed by atoms with Crippen molar-refractivity contribution in [1.29, 1.82) is 0 Å². The first-order valence-electron chi connectivity index (χ1n) is 7.99. The van der Waals surface area contributed by atoms with Crippen LogP contribution in [-0.4, -0.2) is 14.6 Å². The number of aryl methyl sites for hydroxylation is 1. The van der Waals surface area contributed by atoms with Crippen molar-refractivity contribution in [2.75, 3.05) is 0 Å². The number of fused-ring (bicyclic) bond motifs is 3. The molecule has 5 rings (SSSR count). The molecule has 0 bridgehead atoms. The lowest BCUT2D eigenvalue weighted by molar-refractivity contribution is 0.904. The Morgan fingerprint density at radius 1 is 1.00 bits per heavy atom. The molecule has 0 aliphatic rings. The second-order valence-corrected chi connectivity index (χ2v) is 7.01. The van der Waals surface area contributed by atoms with Crippen molar-refractivity contribution in [2.45, 2.75) is 6.92 Å². The summed E-state index contributed by atoms with van der Waals surface area (Å²) < 4.78 is 2.04. The zero-order chi connectivity index (χ0) is 17.0. The largest absolute Gasteiger partial charge is 0.291 e. The maximum Gasteiger partial charge on any atom is 0.291 e. The van der Waals surface area contributed by atoms with E-state index in [0.717, 1.165) is 27.1 Å². The molecule has 0 radical (unpaired) electrons. The lowest BCUT2D eigenvalue weighted by Gasteiger charge is -2.07. The Bertz CT molecular complexity index is 1330. The average molecular weight is 343 g/mol. The third kappa shape index (κ3) is 2.16. The fourth-order valence-corrected chi connectivity index (χ4v) is 4.20. The number of aromatic nitrogens is 3. The Labute approximate surface area is 146 Å². The first kappa shape index (κ1) is 14.3. The highest BCUT2D eigenvalue weighted by Crippen LogP contribution is 2.28. The summed E-state index contributed by atoms with van der Waals surface area (Å²) in [7, 11) is 0. The number of benzene rings is 3. The predicted octanol–water partition coefficient (Wildman–Crippen LogP) is 3.31. The highest BCUT2D eigenvalue weighted by atomic mass is 32.1. The van der Waals surface area contributed by atoms with Crippen LogP contribution in [0.15, 0.2) is 59.4 Å². The quantitative estimate of drug-likeness (QED) is 0.439. The van der Waals surface area contributed by atoms with Crippen molar-refractivity contribution in [2.24, 2.45) is 0 Å². The summed E-state index contributed by atoms with van der Waals surface area (Å²) in [6.45, 7) is 1.79. The van der Waals surface area contributed by atoms with Gasteiger partial charge in [0.15, 0.2) is 0 Å². The minimum Gasteiger partial charge on any atom is -0.266 e. The molecule has 0 saturated heterocycles. The van der Waals surface area contributed by atoms with Gasteiger partial charge in [0.25, 0.3) is 5.56 Å². The minimum absolute atomic E-state index is 0.113. The second kappa shape index (κ2) is 5.22. The van der Waals surface area contributed by atoms with Crippen molar-refractivity contribution in [3.05, 3.63) is 80.9 Å². The molecular weight excluding hydrogens is 330 g/mol. The van der Waals surface area contributed by atoms with Crippen LogP contribution in [0.25, 0.3) is 32.6 Å². The summed E-state index contributed by atoms with van der Waals surface area (Å²) in [6, 6.07) is 18.7. The van der Waals surface area contributed by atoms with Gasteiger partial charge in [0.1, 0.15) is 5.82 Å². The SMILES string of the molecule is Cc1nc2s/c(=C\c3c4ccccc4cc4ccccc34)c(=O)n2n1. The molecule has 0 N–H and O–H groups in total. The van der Waals surface area contributed by atoms with E-state index in [1.54, 1.807) is 6.92 Å². The van der Waals surface area contributed by atoms with E-state index in [-0.39, 0.29) is 5.56 Å². The van der Waals surface area contributed by atoms with Gasteiger partial charge < -0.3 is 0 Å². The van der Waals surface area contributed by atoms with Crippen LogP contribution < -0.4 is 10.1 Å². The lowest BCUT2D eigenvalue weighted by Crippen LogP contribution is -2.23. The fraction of sp³-hybridized carbons (Fsp3) is 0.0500. The molecule has 0 saturated carbocycles. The first-order valence-corrected chi connectivity index (χ1v) is 8.81. The van der Waals surface area contributed by atoms with E-state index in [0.29, 0.717) is 15.3 Å². The molecule has 0 aliphatic carbocycles. The van der Waals surface area contributed by atoms with Crippen LogP contribution in [0.5, 0.6) is 0 Å². The molecule has 0 atom stereocenters. The smallest absolute Gasteiger partial charge is 0.266 e. The van der Waals surface area contributed by atoms with Crippen molar-refractivity contribution in [3.8, 4) is 0 Å². The van der Waals surface area contributed by atoms with Gasteiger partial charge in [-0.15, -0.1) is 5.10 Å². The molecule has 120 valence electrons. The summed E-state index contributed by atoms with van der Waals surface area (Å²) >= 11 is 1.38. The number of thiazole rings is 1. The molecule has 5 heteroatoms. The Hall–Kier alpha value is -3.05. The molecule has 0 amide bonds. The molecular formula is C20H13N3OS. The molecule has 5 aromatic rings. The van der Waals surface area contributed by atoms with E-state index in [2.05, 4.69) is 40.4 Å². The van der Waals surface area contributed by atoms with Gasteiger partial charge in [-0.2, -0.15) is 4.52 Å². The molecule has 2 aromatic heterocycles. The predicted molar refractivity (Wildman–Crippen MR) is 102 cm³/mol. The van der Waals surface area contributed by atoms with Gasteiger partial charge in [-0.1, -0.05) is 59.9 Å². The molecule has 0 unspecified atom stereocenters. The van der Waals surface area contributed by atoms with Gasteiger partial charge in [-0.25, -0.2) is 4.98 Å². The van der Waals surface area contributed by atoms with Gasteiger partial charge in [0, 0.05) is 0 Å². The molecule has 2 heterocycles. The Morgan fingerprint density at radius 3 is 2.28 bits per heavy atom. The fourth-order valence-electron chi connectivity index (χ4n) is 3.27. The standard InChI is InChI=1S/C20H13N3OS/c1-12-21-20-23(22-12)19(24)18(25-20)11-17-15-8-4-2-6-13(15)10-14-7-3-5-9-16(14)17/h2-11H,1H3/b18-11-. The van der Waals surface area contributed by atoms with E-state index >= 15 is 0 Å². The van der Waals surface area contributed by atoms with Crippen molar-refractivity contribution in [3.63, 3.8) is 0 Å². The number of hydrogen-bond acceptors (Lipinski definition) is 4. The highest BCUT2D eigenvalue weighted by Gasteiger charge is 2.10. The monoisotopic (exact) mass is 343 g/mol. The molecule has 4 nitrogen and oxygen atoms in total. The van der Waals surface area contributed by atoms with Crippen LogP contribution in [0.1, 0.15) is 11.4 Å². The Morgan fingerprint density at radius 2 is 1.64 bits per heavy atom. The maximum atomic E-state index is 12.7. The van der Waals surface area contributed by atoms with Gasteiger partial charge in [0.2, 0.25) is 4.96 Å². The van der Waals surface area contributed by atoms with Crippen LogP contribution in [0.3, 0.4) is 0 Å². The lowest BCUT2D eigenvalue weighted by atomic mass is 9.97. The second-order valence-electron chi connectivity index (χ2n) is 6.00. The molecule has 0 fully saturated rings. The Balaban J connectivity index is 1.93. The number of hydrogen-bond donors (Lipinski definition) is 0. The van der Waals surface area contributed by atoms with E-state index < -0.39 is 0 Å². The third-order valence-corrected chi connectivity index (χ3v) is 5.34. The summed E-state index contributed by atoms with van der Waals surface area (Å²) in [5.41, 5.74) is 0.949. The van der Waals surface area contributed by atoms with Gasteiger partial charge in [0.05, 0.1) is 4.53 Å². The van der Waals surface area contributed by atoms with Crippen LogP contribution in [0, 0.1) is 6.92 Å². The maximum absolute atomic E-state index is 12.7. The van der Waals surface area contributed by atoms with Crippen LogP contribution in [0.2, 0.25) is 0 Å². The van der Waals surface area contributed by atoms with Crippen molar-refractivity contribution in [1.82, 2.24) is 14.6 Å². The van der Waals surface area contributed by atoms with E-state index in [1.807, 2.05) is 30.3 Å². The highest BCUT2D eigenvalue weighted by molar-refractivity contribution is 7.15. The zero-order valence-corrected chi connectivity index (χ0v) is 14.2. The summed E-state index contributed by atoms with van der Waals surface area (Å²) in [6.07, 6.45) is 1.98. The van der Waals surface area contributed by atoms with E-state index in [1.165, 1.54) is 15.9 Å². The van der Waals surface area contributed by atoms with Crippen molar-refractivity contribution >= 4 is 43.9 Å². The van der Waals surface area contributed by atoms with Crippen LogP contribution >= 0.6 is 11.3 Å². The van der Waals surface area contributed by atoms with Gasteiger partial charge in [-0.3, -0.25) is 4.79 Å². The van der Waals surface area contributed by atoms with Crippen molar-refractivity contribution < 1.29 is 0 Å². The van der Waals surface area contributed by atoms with E-state index in [4.69, 9.17) is 0 Å². The third-order valence-electron chi connectivity index (χ3n) is 4.38. The average Bonchev–Trinajstić information content (AvgIpc) is 3.12. The van der Waals surface area contributed by atoms with Gasteiger partial charge in [-0.05, 0) is 46.2 Å². The molecule has 0 aliphatic heterocycles. The van der Waals surface area contributed by atoms with Crippen LogP contribution in [-0.2, 0) is 0 Å². The zero-order valence-electron chi connectivity index (χ0n) is 13.4. The molecule has 3 aromatic carbocycles. The van der Waals surface area contributed by atoms with E-state index in [9.17, 15) is 4.79 Å².